The molecule has 2 unspecified atom stereocenters. The zero-order valence-electron chi connectivity index (χ0n) is 15.7. The number of ether oxygens (including phenoxy) is 2. The molecule has 0 saturated carbocycles. The van der Waals surface area contributed by atoms with Crippen molar-refractivity contribution in [3.63, 3.8) is 0 Å². The first-order valence-electron chi connectivity index (χ1n) is 9.05. The third kappa shape index (κ3) is 3.46. The van der Waals surface area contributed by atoms with E-state index < -0.39 is 47.6 Å². The highest BCUT2D eigenvalue weighted by atomic mass is 79.9. The van der Waals surface area contributed by atoms with Gasteiger partial charge in [-0.05, 0) is 28.9 Å². The SMILES string of the molecule is CCOC(=O)C1C(=O)c2nc3cc(F)c(Br)cn3c2C1c1cccc(F)c1OC(F)F. The van der Waals surface area contributed by atoms with E-state index in [9.17, 15) is 27.2 Å². The van der Waals surface area contributed by atoms with E-state index in [0.29, 0.717) is 0 Å². The molecular formula is C20H13BrF4N2O4. The average Bonchev–Trinajstić information content (AvgIpc) is 3.18. The summed E-state index contributed by atoms with van der Waals surface area (Å²) in [5, 5.41) is 0. The van der Waals surface area contributed by atoms with Gasteiger partial charge in [-0.1, -0.05) is 12.1 Å². The highest BCUT2D eigenvalue weighted by Gasteiger charge is 2.50. The minimum atomic E-state index is -3.35. The van der Waals surface area contributed by atoms with Crippen molar-refractivity contribution in [3.05, 3.63) is 63.5 Å². The van der Waals surface area contributed by atoms with Gasteiger partial charge in [0.05, 0.1) is 22.7 Å². The van der Waals surface area contributed by atoms with Gasteiger partial charge in [0.1, 0.15) is 23.1 Å². The van der Waals surface area contributed by atoms with Gasteiger partial charge in [0, 0.05) is 17.8 Å². The molecule has 0 saturated heterocycles. The summed E-state index contributed by atoms with van der Waals surface area (Å²) in [6.45, 7) is -1.85. The lowest BCUT2D eigenvalue weighted by Gasteiger charge is -2.22. The number of alkyl halides is 2. The second-order valence-corrected chi connectivity index (χ2v) is 7.51. The lowest BCUT2D eigenvalue weighted by atomic mass is 9.86. The van der Waals surface area contributed by atoms with Gasteiger partial charge in [-0.15, -0.1) is 0 Å². The summed E-state index contributed by atoms with van der Waals surface area (Å²) in [6.07, 6.45) is 1.29. The van der Waals surface area contributed by atoms with Gasteiger partial charge >= 0.3 is 12.6 Å². The van der Waals surface area contributed by atoms with Crippen LogP contribution in [-0.4, -0.2) is 34.4 Å². The topological polar surface area (TPSA) is 69.9 Å². The van der Waals surface area contributed by atoms with Crippen molar-refractivity contribution in [1.29, 1.82) is 0 Å². The van der Waals surface area contributed by atoms with Crippen molar-refractivity contribution in [1.82, 2.24) is 9.38 Å². The summed E-state index contributed by atoms with van der Waals surface area (Å²) in [5.41, 5.74) is -0.150. The van der Waals surface area contributed by atoms with Gasteiger partial charge < -0.3 is 13.9 Å². The van der Waals surface area contributed by atoms with Crippen LogP contribution in [0.25, 0.3) is 5.65 Å². The molecule has 6 nitrogen and oxygen atoms in total. The smallest absolute Gasteiger partial charge is 0.387 e. The Bertz CT molecular complexity index is 1210. The normalized spacial score (nSPS) is 18.0. The first kappa shape index (κ1) is 21.3. The van der Waals surface area contributed by atoms with E-state index in [-0.39, 0.29) is 33.7 Å². The third-order valence-corrected chi connectivity index (χ3v) is 5.51. The molecule has 0 amide bonds. The van der Waals surface area contributed by atoms with Crippen LogP contribution in [0.3, 0.4) is 0 Å². The minimum absolute atomic E-state index is 0.0364. The van der Waals surface area contributed by atoms with E-state index in [0.717, 1.165) is 12.1 Å². The Hall–Kier alpha value is -2.95. The number of ketones is 1. The Morgan fingerprint density at radius 2 is 2.03 bits per heavy atom. The van der Waals surface area contributed by atoms with Crippen molar-refractivity contribution in [3.8, 4) is 5.75 Å². The number of Topliss-reactive ketones (excluding diaryl/α,β-unsaturated/α-hetero) is 1. The van der Waals surface area contributed by atoms with Crippen LogP contribution in [0.2, 0.25) is 0 Å². The van der Waals surface area contributed by atoms with Crippen LogP contribution >= 0.6 is 15.9 Å². The molecule has 0 radical (unpaired) electrons. The largest absolute Gasteiger partial charge is 0.465 e. The van der Waals surface area contributed by atoms with Crippen molar-refractivity contribution < 1.29 is 36.6 Å². The number of para-hydroxylation sites is 1. The molecule has 4 rings (SSSR count). The summed E-state index contributed by atoms with van der Waals surface area (Å²) in [6, 6.07) is 4.50. The quantitative estimate of drug-likeness (QED) is 0.293. The van der Waals surface area contributed by atoms with Crippen LogP contribution in [0, 0.1) is 17.6 Å². The number of esters is 1. The fraction of sp³-hybridized carbons (Fsp3) is 0.250. The maximum absolute atomic E-state index is 14.4. The Balaban J connectivity index is 2.01. The maximum Gasteiger partial charge on any atom is 0.387 e. The number of fused-ring (bicyclic) bond motifs is 3. The third-order valence-electron chi connectivity index (χ3n) is 4.93. The van der Waals surface area contributed by atoms with Gasteiger partial charge in [-0.3, -0.25) is 9.59 Å². The number of hydrogen-bond donors (Lipinski definition) is 0. The summed E-state index contributed by atoms with van der Waals surface area (Å²) >= 11 is 3.04. The molecule has 162 valence electrons. The van der Waals surface area contributed by atoms with E-state index in [1.54, 1.807) is 0 Å². The van der Waals surface area contributed by atoms with Crippen LogP contribution in [0.5, 0.6) is 5.75 Å². The predicted molar refractivity (Wildman–Crippen MR) is 102 cm³/mol. The van der Waals surface area contributed by atoms with E-state index in [1.807, 2.05) is 0 Å². The molecule has 2 heterocycles. The number of nitrogens with zero attached hydrogens (tertiary/aromatic N) is 2. The van der Waals surface area contributed by atoms with Gasteiger partial charge in [-0.25, -0.2) is 13.8 Å². The number of halogens is 5. The van der Waals surface area contributed by atoms with Gasteiger partial charge in [0.2, 0.25) is 0 Å². The number of rotatable bonds is 5. The van der Waals surface area contributed by atoms with Crippen molar-refractivity contribution >= 4 is 33.3 Å². The Kier molecular flexibility index (Phi) is 5.46. The molecule has 1 aromatic carbocycles. The number of carbonyl (C=O) groups excluding carboxylic acids is 2. The molecule has 0 aliphatic heterocycles. The Morgan fingerprint density at radius 1 is 1.29 bits per heavy atom. The molecule has 1 aliphatic rings. The number of hydrogen-bond acceptors (Lipinski definition) is 5. The number of imidazole rings is 1. The van der Waals surface area contributed by atoms with Gasteiger partial charge in [0.25, 0.3) is 0 Å². The van der Waals surface area contributed by atoms with Crippen molar-refractivity contribution in [2.45, 2.75) is 19.5 Å². The standard InChI is InChI=1S/C20H13BrF4N2O4/c1-2-30-19(29)14-13(8-4-3-5-10(22)18(8)31-20(24)25)16-15(17(14)28)26-12-6-11(23)9(21)7-27(12)16/h3-7,13-14,20H,2H2,1H3. The zero-order chi connectivity index (χ0) is 22.4. The summed E-state index contributed by atoms with van der Waals surface area (Å²) in [5.74, 6) is -6.95. The molecule has 0 fully saturated rings. The first-order valence-corrected chi connectivity index (χ1v) is 9.85. The van der Waals surface area contributed by atoms with Crippen LogP contribution < -0.4 is 4.74 Å². The van der Waals surface area contributed by atoms with Crippen molar-refractivity contribution in [2.75, 3.05) is 6.61 Å². The highest BCUT2D eigenvalue weighted by molar-refractivity contribution is 9.10. The molecule has 3 aromatic rings. The second-order valence-electron chi connectivity index (χ2n) is 6.65. The molecule has 0 bridgehead atoms. The van der Waals surface area contributed by atoms with Crippen LogP contribution in [0.15, 0.2) is 34.9 Å². The van der Waals surface area contributed by atoms with E-state index in [2.05, 4.69) is 25.7 Å². The lowest BCUT2D eigenvalue weighted by Crippen LogP contribution is -2.28. The average molecular weight is 501 g/mol. The number of pyridine rings is 1. The minimum Gasteiger partial charge on any atom is -0.465 e. The van der Waals surface area contributed by atoms with Crippen LogP contribution in [-0.2, 0) is 9.53 Å². The summed E-state index contributed by atoms with van der Waals surface area (Å²) in [7, 11) is 0. The lowest BCUT2D eigenvalue weighted by molar-refractivity contribution is -0.146. The number of benzene rings is 1. The molecule has 1 aliphatic carbocycles. The molecular weight excluding hydrogens is 488 g/mol. The molecule has 2 aromatic heterocycles. The van der Waals surface area contributed by atoms with E-state index >= 15 is 0 Å². The molecule has 31 heavy (non-hydrogen) atoms. The summed E-state index contributed by atoms with van der Waals surface area (Å²) in [4.78, 5) is 29.9. The highest BCUT2D eigenvalue weighted by Crippen LogP contribution is 2.47. The number of carbonyl (C=O) groups is 2. The summed E-state index contributed by atoms with van der Waals surface area (Å²) < 4.78 is 65.2. The monoisotopic (exact) mass is 500 g/mol. The van der Waals surface area contributed by atoms with Crippen molar-refractivity contribution in [2.24, 2.45) is 5.92 Å². The molecule has 0 spiro atoms. The van der Waals surface area contributed by atoms with Gasteiger partial charge in [-0.2, -0.15) is 8.78 Å². The Labute approximate surface area is 180 Å². The van der Waals surface area contributed by atoms with E-state index in [1.165, 1.54) is 29.7 Å². The first-order chi connectivity index (χ1) is 14.7. The maximum atomic E-state index is 14.4. The predicted octanol–water partition coefficient (Wildman–Crippen LogP) is 4.48. The fourth-order valence-electron chi connectivity index (χ4n) is 3.78. The van der Waals surface area contributed by atoms with Gasteiger partial charge in [0.15, 0.2) is 17.3 Å². The Morgan fingerprint density at radius 3 is 2.71 bits per heavy atom. The van der Waals surface area contributed by atoms with Crippen LogP contribution in [0.1, 0.15) is 34.6 Å². The fourth-order valence-corrected chi connectivity index (χ4v) is 4.10. The second kappa shape index (κ2) is 7.95. The van der Waals surface area contributed by atoms with Crippen LogP contribution in [0.4, 0.5) is 17.6 Å². The van der Waals surface area contributed by atoms with E-state index in [4.69, 9.17) is 4.74 Å². The molecule has 11 heteroatoms. The molecule has 0 N–H and O–H groups in total. The zero-order valence-corrected chi connectivity index (χ0v) is 17.3. The molecule has 2 atom stereocenters. The number of aromatic nitrogens is 2.